The Bertz CT molecular complexity index is 571. The molecule has 0 aromatic heterocycles. The van der Waals surface area contributed by atoms with Gasteiger partial charge in [-0.15, -0.1) is 0 Å². The van der Waals surface area contributed by atoms with E-state index in [0.717, 1.165) is 27.8 Å². The van der Waals surface area contributed by atoms with Gasteiger partial charge in [-0.2, -0.15) is 0 Å². The number of rotatable bonds is 1. The minimum Gasteiger partial charge on any atom is -0.508 e. The van der Waals surface area contributed by atoms with Crippen LogP contribution >= 0.6 is 0 Å². The van der Waals surface area contributed by atoms with Gasteiger partial charge in [0.25, 0.3) is 0 Å². The van der Waals surface area contributed by atoms with E-state index in [1.165, 1.54) is 0 Å². The second-order valence-electron chi connectivity index (χ2n) is 4.42. The van der Waals surface area contributed by atoms with Gasteiger partial charge in [0.15, 0.2) is 0 Å². The van der Waals surface area contributed by atoms with Crippen molar-refractivity contribution >= 4 is 0 Å². The summed E-state index contributed by atoms with van der Waals surface area (Å²) in [6, 6.07) is 9.07. The first-order valence-electron chi connectivity index (χ1n) is 5.60. The highest BCUT2D eigenvalue weighted by Crippen LogP contribution is 2.37. The molecule has 0 atom stereocenters. The summed E-state index contributed by atoms with van der Waals surface area (Å²) in [5, 5.41) is 19.7. The summed E-state index contributed by atoms with van der Waals surface area (Å²) < 4.78 is 0. The molecule has 2 rings (SSSR count). The van der Waals surface area contributed by atoms with E-state index in [-0.39, 0.29) is 5.75 Å². The van der Waals surface area contributed by atoms with Gasteiger partial charge in [0, 0.05) is 5.56 Å². The molecule has 0 aliphatic rings. The number of hydrogen-bond acceptors (Lipinski definition) is 2. The predicted molar refractivity (Wildman–Crippen MR) is 69.4 cm³/mol. The number of benzene rings is 2. The lowest BCUT2D eigenvalue weighted by Gasteiger charge is -2.13. The van der Waals surface area contributed by atoms with Gasteiger partial charge in [-0.1, -0.05) is 18.2 Å². The summed E-state index contributed by atoms with van der Waals surface area (Å²) in [5.74, 6) is 0.504. The first kappa shape index (κ1) is 11.5. The molecule has 88 valence electrons. The third kappa shape index (κ3) is 1.98. The molecular formula is C15H16O2. The fourth-order valence-corrected chi connectivity index (χ4v) is 2.02. The van der Waals surface area contributed by atoms with E-state index < -0.39 is 0 Å². The lowest BCUT2D eigenvalue weighted by atomic mass is 9.94. The van der Waals surface area contributed by atoms with Crippen LogP contribution in [0.1, 0.15) is 16.7 Å². The lowest BCUT2D eigenvalue weighted by Crippen LogP contribution is -1.90. The molecule has 2 nitrogen and oxygen atoms in total. The zero-order chi connectivity index (χ0) is 12.6. The van der Waals surface area contributed by atoms with Gasteiger partial charge in [-0.3, -0.25) is 0 Å². The second kappa shape index (κ2) is 4.13. The van der Waals surface area contributed by atoms with Gasteiger partial charge in [0.1, 0.15) is 11.5 Å². The standard InChI is InChI=1S/C15H16O2/c1-9-6-7-12(16)8-13(9)14-10(2)4-5-11(3)15(14)17/h4-8,16-17H,1-3H3. The Kier molecular flexibility index (Phi) is 2.80. The molecule has 0 saturated carbocycles. The van der Waals surface area contributed by atoms with Gasteiger partial charge in [-0.25, -0.2) is 0 Å². The lowest BCUT2D eigenvalue weighted by molar-refractivity contribution is 0.471. The highest BCUT2D eigenvalue weighted by molar-refractivity contribution is 5.78. The minimum absolute atomic E-state index is 0.214. The fraction of sp³-hybridized carbons (Fsp3) is 0.200. The summed E-state index contributed by atoms with van der Waals surface area (Å²) in [7, 11) is 0. The van der Waals surface area contributed by atoms with E-state index in [2.05, 4.69) is 0 Å². The SMILES string of the molecule is Cc1ccc(O)cc1-c1c(C)ccc(C)c1O. The van der Waals surface area contributed by atoms with Gasteiger partial charge in [-0.05, 0) is 55.2 Å². The van der Waals surface area contributed by atoms with Crippen molar-refractivity contribution in [3.8, 4) is 22.6 Å². The molecule has 2 N–H and O–H groups in total. The van der Waals surface area contributed by atoms with E-state index >= 15 is 0 Å². The van der Waals surface area contributed by atoms with E-state index in [9.17, 15) is 10.2 Å². The quantitative estimate of drug-likeness (QED) is 0.781. The molecule has 0 radical (unpaired) electrons. The molecule has 0 bridgehead atoms. The maximum atomic E-state index is 10.2. The molecule has 2 aromatic rings. The van der Waals surface area contributed by atoms with Crippen LogP contribution in [-0.2, 0) is 0 Å². The van der Waals surface area contributed by atoms with E-state index in [4.69, 9.17) is 0 Å². The van der Waals surface area contributed by atoms with Crippen LogP contribution in [0.15, 0.2) is 30.3 Å². The average Bonchev–Trinajstić information content (AvgIpc) is 2.29. The van der Waals surface area contributed by atoms with Gasteiger partial charge in [0.2, 0.25) is 0 Å². The first-order chi connectivity index (χ1) is 8.00. The zero-order valence-electron chi connectivity index (χ0n) is 10.3. The van der Waals surface area contributed by atoms with Crippen molar-refractivity contribution in [3.05, 3.63) is 47.0 Å². The number of aromatic hydroxyl groups is 2. The molecule has 0 aliphatic carbocycles. The summed E-state index contributed by atoms with van der Waals surface area (Å²) in [6.07, 6.45) is 0. The van der Waals surface area contributed by atoms with Crippen LogP contribution < -0.4 is 0 Å². The molecule has 0 spiro atoms. The number of hydrogen-bond donors (Lipinski definition) is 2. The van der Waals surface area contributed by atoms with Crippen molar-refractivity contribution in [2.24, 2.45) is 0 Å². The second-order valence-corrected chi connectivity index (χ2v) is 4.42. The van der Waals surface area contributed by atoms with Gasteiger partial charge < -0.3 is 10.2 Å². The Morgan fingerprint density at radius 3 is 2.06 bits per heavy atom. The molecule has 2 aromatic carbocycles. The molecule has 0 aliphatic heterocycles. The molecular weight excluding hydrogens is 212 g/mol. The maximum absolute atomic E-state index is 10.2. The minimum atomic E-state index is 0.214. The molecule has 0 saturated heterocycles. The van der Waals surface area contributed by atoms with E-state index in [0.29, 0.717) is 5.75 Å². The molecule has 0 fully saturated rings. The van der Waals surface area contributed by atoms with Crippen LogP contribution in [-0.4, -0.2) is 10.2 Å². The number of aryl methyl sites for hydroxylation is 3. The Balaban J connectivity index is 2.76. The smallest absolute Gasteiger partial charge is 0.126 e. The third-order valence-corrected chi connectivity index (χ3v) is 3.08. The van der Waals surface area contributed by atoms with Crippen LogP contribution in [0.3, 0.4) is 0 Å². The van der Waals surface area contributed by atoms with Crippen LogP contribution in [0.4, 0.5) is 0 Å². The molecule has 2 heteroatoms. The van der Waals surface area contributed by atoms with Crippen LogP contribution in [0.2, 0.25) is 0 Å². The first-order valence-corrected chi connectivity index (χ1v) is 5.60. The Morgan fingerprint density at radius 2 is 1.35 bits per heavy atom. The van der Waals surface area contributed by atoms with Crippen LogP contribution in [0.5, 0.6) is 11.5 Å². The van der Waals surface area contributed by atoms with Crippen molar-refractivity contribution in [2.75, 3.05) is 0 Å². The number of phenolic OH excluding ortho intramolecular Hbond substituents is 2. The summed E-state index contributed by atoms with van der Waals surface area (Å²) >= 11 is 0. The maximum Gasteiger partial charge on any atom is 0.126 e. The molecule has 0 heterocycles. The van der Waals surface area contributed by atoms with E-state index in [1.54, 1.807) is 12.1 Å². The van der Waals surface area contributed by atoms with Crippen molar-refractivity contribution in [1.82, 2.24) is 0 Å². The average molecular weight is 228 g/mol. The zero-order valence-corrected chi connectivity index (χ0v) is 10.3. The Hall–Kier alpha value is -1.96. The highest BCUT2D eigenvalue weighted by atomic mass is 16.3. The van der Waals surface area contributed by atoms with Crippen LogP contribution in [0, 0.1) is 20.8 Å². The molecule has 0 unspecified atom stereocenters. The summed E-state index contributed by atoms with van der Waals surface area (Å²) in [4.78, 5) is 0. The van der Waals surface area contributed by atoms with Crippen molar-refractivity contribution in [2.45, 2.75) is 20.8 Å². The Morgan fingerprint density at radius 1 is 0.765 bits per heavy atom. The monoisotopic (exact) mass is 228 g/mol. The van der Waals surface area contributed by atoms with Gasteiger partial charge >= 0.3 is 0 Å². The van der Waals surface area contributed by atoms with Crippen molar-refractivity contribution in [1.29, 1.82) is 0 Å². The third-order valence-electron chi connectivity index (χ3n) is 3.08. The normalized spacial score (nSPS) is 10.5. The predicted octanol–water partition coefficient (Wildman–Crippen LogP) is 3.69. The molecule has 17 heavy (non-hydrogen) atoms. The highest BCUT2D eigenvalue weighted by Gasteiger charge is 2.12. The Labute approximate surface area is 101 Å². The molecule has 0 amide bonds. The summed E-state index contributed by atoms with van der Waals surface area (Å²) in [6.45, 7) is 5.80. The van der Waals surface area contributed by atoms with Crippen molar-refractivity contribution in [3.63, 3.8) is 0 Å². The fourth-order valence-electron chi connectivity index (χ4n) is 2.02. The van der Waals surface area contributed by atoms with Gasteiger partial charge in [0.05, 0.1) is 0 Å². The topological polar surface area (TPSA) is 40.5 Å². The van der Waals surface area contributed by atoms with E-state index in [1.807, 2.05) is 39.0 Å². The van der Waals surface area contributed by atoms with Crippen molar-refractivity contribution < 1.29 is 10.2 Å². The van der Waals surface area contributed by atoms with Crippen LogP contribution in [0.25, 0.3) is 11.1 Å². The number of phenols is 2. The summed E-state index contributed by atoms with van der Waals surface area (Å²) in [5.41, 5.74) is 4.56. The largest absolute Gasteiger partial charge is 0.508 e.